The van der Waals surface area contributed by atoms with Gasteiger partial charge in [0.05, 0.1) is 5.38 Å². The fourth-order valence-corrected chi connectivity index (χ4v) is 3.35. The molecule has 1 aromatic carbocycles. The lowest BCUT2D eigenvalue weighted by Crippen LogP contribution is -1.93. The first kappa shape index (κ1) is 12.2. The number of hydrogen-bond donors (Lipinski definition) is 0. The summed E-state index contributed by atoms with van der Waals surface area (Å²) < 4.78 is 1.09. The Hall–Kier alpha value is -0.310. The molecule has 1 aromatic heterocycles. The van der Waals surface area contributed by atoms with E-state index in [2.05, 4.69) is 46.4 Å². The lowest BCUT2D eigenvalue weighted by molar-refractivity contribution is 1.07. The summed E-state index contributed by atoms with van der Waals surface area (Å²) in [7, 11) is 0. The van der Waals surface area contributed by atoms with Crippen molar-refractivity contribution < 1.29 is 0 Å². The van der Waals surface area contributed by atoms with Crippen molar-refractivity contribution in [3.63, 3.8) is 0 Å². The first-order valence-corrected chi connectivity index (χ1v) is 7.29. The van der Waals surface area contributed by atoms with Gasteiger partial charge >= 0.3 is 0 Å². The predicted molar refractivity (Wildman–Crippen MR) is 75.5 cm³/mol. The highest BCUT2D eigenvalue weighted by molar-refractivity contribution is 9.10. The molecule has 2 rings (SSSR count). The van der Waals surface area contributed by atoms with E-state index in [1.807, 2.05) is 12.1 Å². The number of thiophene rings is 1. The summed E-state index contributed by atoms with van der Waals surface area (Å²) in [5.74, 6) is 0. The minimum Gasteiger partial charge on any atom is -0.147 e. The summed E-state index contributed by atoms with van der Waals surface area (Å²) in [5, 5.41) is 2.09. The Balaban J connectivity index is 2.31. The van der Waals surface area contributed by atoms with Crippen molar-refractivity contribution in [2.24, 2.45) is 0 Å². The van der Waals surface area contributed by atoms with Gasteiger partial charge in [0.25, 0.3) is 0 Å². The molecule has 1 heterocycles. The van der Waals surface area contributed by atoms with Gasteiger partial charge in [-0.1, -0.05) is 35.0 Å². The van der Waals surface area contributed by atoms with E-state index in [-0.39, 0.29) is 5.38 Å². The Labute approximate surface area is 113 Å². The van der Waals surface area contributed by atoms with Crippen molar-refractivity contribution in [1.29, 1.82) is 0 Å². The van der Waals surface area contributed by atoms with Gasteiger partial charge in [-0.15, -0.1) is 22.9 Å². The third kappa shape index (κ3) is 2.50. The first-order valence-electron chi connectivity index (χ1n) is 5.18. The molecule has 16 heavy (non-hydrogen) atoms. The van der Waals surface area contributed by atoms with Gasteiger partial charge in [0.1, 0.15) is 0 Å². The van der Waals surface area contributed by atoms with E-state index in [0.29, 0.717) is 0 Å². The molecule has 0 N–H and O–H groups in total. The molecule has 0 aliphatic rings. The van der Waals surface area contributed by atoms with E-state index in [9.17, 15) is 0 Å². The molecule has 0 nitrogen and oxygen atoms in total. The van der Waals surface area contributed by atoms with Crippen molar-refractivity contribution in [3.05, 3.63) is 56.2 Å². The van der Waals surface area contributed by atoms with Gasteiger partial charge in [-0.05, 0) is 41.1 Å². The summed E-state index contributed by atoms with van der Waals surface area (Å²) >= 11 is 11.7. The molecule has 0 spiro atoms. The van der Waals surface area contributed by atoms with Crippen LogP contribution in [0.3, 0.4) is 0 Å². The Kier molecular flexibility index (Phi) is 4.06. The van der Waals surface area contributed by atoms with Crippen LogP contribution in [0.4, 0.5) is 0 Å². The van der Waals surface area contributed by atoms with Crippen LogP contribution in [0.25, 0.3) is 0 Å². The summed E-state index contributed by atoms with van der Waals surface area (Å²) in [4.78, 5) is 1.27. The highest BCUT2D eigenvalue weighted by Crippen LogP contribution is 2.35. The molecule has 0 radical (unpaired) electrons. The normalized spacial score (nSPS) is 12.7. The molecular formula is C13H12BrClS. The van der Waals surface area contributed by atoms with Gasteiger partial charge in [-0.3, -0.25) is 0 Å². The molecule has 1 unspecified atom stereocenters. The first-order chi connectivity index (χ1) is 7.72. The van der Waals surface area contributed by atoms with Crippen LogP contribution in [-0.4, -0.2) is 0 Å². The summed E-state index contributed by atoms with van der Waals surface area (Å²) in [6.45, 7) is 2.16. The number of hydrogen-bond acceptors (Lipinski definition) is 1. The third-order valence-electron chi connectivity index (χ3n) is 2.55. The van der Waals surface area contributed by atoms with Crippen molar-refractivity contribution in [2.45, 2.75) is 18.7 Å². The Morgan fingerprint density at radius 2 is 1.94 bits per heavy atom. The zero-order valence-corrected chi connectivity index (χ0v) is 12.1. The van der Waals surface area contributed by atoms with Crippen LogP contribution in [0.2, 0.25) is 0 Å². The van der Waals surface area contributed by atoms with Crippen molar-refractivity contribution in [2.75, 3.05) is 0 Å². The largest absolute Gasteiger partial charge is 0.147 e. The molecule has 3 heteroatoms. The summed E-state index contributed by atoms with van der Waals surface area (Å²) in [5.41, 5.74) is 2.51. The number of benzene rings is 1. The van der Waals surface area contributed by atoms with Crippen molar-refractivity contribution in [1.82, 2.24) is 0 Å². The predicted octanol–water partition coefficient (Wildman–Crippen LogP) is 5.40. The van der Waals surface area contributed by atoms with Gasteiger partial charge in [0.2, 0.25) is 0 Å². The second kappa shape index (κ2) is 5.35. The van der Waals surface area contributed by atoms with Crippen LogP contribution < -0.4 is 0 Å². The fourth-order valence-electron chi connectivity index (χ4n) is 1.64. The lowest BCUT2D eigenvalue weighted by Gasteiger charge is -2.10. The molecule has 0 saturated carbocycles. The number of rotatable bonds is 3. The van der Waals surface area contributed by atoms with Gasteiger partial charge in [0, 0.05) is 9.35 Å². The average molecular weight is 316 g/mol. The van der Waals surface area contributed by atoms with Gasteiger partial charge in [-0.2, -0.15) is 0 Å². The maximum absolute atomic E-state index is 6.50. The molecule has 1 atom stereocenters. The smallest absolute Gasteiger partial charge is 0.0930 e. The topological polar surface area (TPSA) is 0 Å². The van der Waals surface area contributed by atoms with Crippen molar-refractivity contribution >= 4 is 38.9 Å². The monoisotopic (exact) mass is 314 g/mol. The van der Waals surface area contributed by atoms with E-state index >= 15 is 0 Å². The zero-order chi connectivity index (χ0) is 11.5. The molecule has 0 aliphatic carbocycles. The average Bonchev–Trinajstić information content (AvgIpc) is 2.77. The number of aryl methyl sites for hydroxylation is 1. The third-order valence-corrected chi connectivity index (χ3v) is 4.71. The Bertz CT molecular complexity index is 461. The maximum atomic E-state index is 6.50. The van der Waals surface area contributed by atoms with Crippen LogP contribution >= 0.6 is 38.9 Å². The van der Waals surface area contributed by atoms with Crippen LogP contribution in [-0.2, 0) is 6.42 Å². The van der Waals surface area contributed by atoms with E-state index in [1.165, 1.54) is 10.4 Å². The van der Waals surface area contributed by atoms with Gasteiger partial charge in [0.15, 0.2) is 0 Å². The van der Waals surface area contributed by atoms with E-state index in [1.54, 1.807) is 11.3 Å². The fraction of sp³-hybridized carbons (Fsp3) is 0.231. The summed E-state index contributed by atoms with van der Waals surface area (Å²) in [6.07, 6.45) is 1.04. The number of halogens is 2. The van der Waals surface area contributed by atoms with Crippen LogP contribution in [0.5, 0.6) is 0 Å². The molecule has 0 aliphatic heterocycles. The minimum atomic E-state index is -0.0250. The van der Waals surface area contributed by atoms with Crippen LogP contribution in [0, 0.1) is 0 Å². The Morgan fingerprint density at radius 1 is 1.25 bits per heavy atom. The summed E-state index contributed by atoms with van der Waals surface area (Å²) in [6, 6.07) is 10.4. The minimum absolute atomic E-state index is 0.0250. The second-order valence-electron chi connectivity index (χ2n) is 3.58. The standard InChI is InChI=1S/C13H12BrClS/c1-2-9-7-8-16-13(9)12(15)10-3-5-11(14)6-4-10/h3-8,12H,2H2,1H3. The number of alkyl halides is 1. The maximum Gasteiger partial charge on any atom is 0.0930 e. The van der Waals surface area contributed by atoms with Crippen LogP contribution in [0.1, 0.15) is 28.3 Å². The zero-order valence-electron chi connectivity index (χ0n) is 8.91. The van der Waals surface area contributed by atoms with Gasteiger partial charge in [-0.25, -0.2) is 0 Å². The highest BCUT2D eigenvalue weighted by Gasteiger charge is 2.15. The Morgan fingerprint density at radius 3 is 2.56 bits per heavy atom. The van der Waals surface area contributed by atoms with E-state index < -0.39 is 0 Å². The van der Waals surface area contributed by atoms with E-state index in [4.69, 9.17) is 11.6 Å². The molecule has 0 saturated heterocycles. The highest BCUT2D eigenvalue weighted by atomic mass is 79.9. The SMILES string of the molecule is CCc1ccsc1C(Cl)c1ccc(Br)cc1. The molecule has 84 valence electrons. The van der Waals surface area contributed by atoms with Gasteiger partial charge < -0.3 is 0 Å². The molecule has 0 amide bonds. The lowest BCUT2D eigenvalue weighted by atomic mass is 10.1. The molecule has 0 fully saturated rings. The molecular weight excluding hydrogens is 304 g/mol. The van der Waals surface area contributed by atoms with Crippen LogP contribution in [0.15, 0.2) is 40.2 Å². The molecule has 0 bridgehead atoms. The quantitative estimate of drug-likeness (QED) is 0.665. The second-order valence-corrected chi connectivity index (χ2v) is 5.88. The van der Waals surface area contributed by atoms with E-state index in [0.717, 1.165) is 16.5 Å². The molecule has 2 aromatic rings. The van der Waals surface area contributed by atoms with Crippen molar-refractivity contribution in [3.8, 4) is 0 Å².